The maximum atomic E-state index is 10.3. The van der Waals surface area contributed by atoms with Crippen LogP contribution in [0.5, 0.6) is 11.5 Å². The Balaban J connectivity index is 0.00000217. The summed E-state index contributed by atoms with van der Waals surface area (Å²) in [4.78, 5) is 0. The Morgan fingerprint density at radius 3 is 2.11 bits per heavy atom. The van der Waals surface area contributed by atoms with E-state index < -0.39 is 0 Å². The van der Waals surface area contributed by atoms with Gasteiger partial charge in [0.05, 0.1) is 19.8 Å². The van der Waals surface area contributed by atoms with Gasteiger partial charge in [-0.15, -0.1) is 0 Å². The van der Waals surface area contributed by atoms with Gasteiger partial charge in [-0.05, 0) is 139 Å². The number of phenols is 2. The molecule has 4 bridgehead atoms. The fourth-order valence-corrected chi connectivity index (χ4v) is 11.2. The number of fused-ring (bicyclic) bond motifs is 7. The van der Waals surface area contributed by atoms with Gasteiger partial charge >= 0.3 is 0 Å². The average molecular weight is 794 g/mol. The van der Waals surface area contributed by atoms with Gasteiger partial charge in [-0.2, -0.15) is 0 Å². The molecule has 47 heavy (non-hydrogen) atoms. The molecule has 0 aliphatic heterocycles. The van der Waals surface area contributed by atoms with Crippen molar-refractivity contribution in [2.45, 2.75) is 121 Å². The van der Waals surface area contributed by atoms with E-state index >= 15 is 0 Å². The van der Waals surface area contributed by atoms with Crippen LogP contribution >= 0.6 is 0 Å². The topological polar surface area (TPSA) is 71.0 Å². The molecule has 5 aliphatic rings. The van der Waals surface area contributed by atoms with Gasteiger partial charge in [0.25, 0.3) is 0 Å². The van der Waals surface area contributed by atoms with Crippen molar-refractivity contribution in [3.05, 3.63) is 58.7 Å². The van der Waals surface area contributed by atoms with E-state index in [-0.39, 0.29) is 76.2 Å². The summed E-state index contributed by atoms with van der Waals surface area (Å²) in [6, 6.07) is 12.7. The number of benzene rings is 2. The number of phenolic OH excluding ortho intramolecular Hbond substituents is 2. The Labute approximate surface area is 334 Å². The quantitative estimate of drug-likeness (QED) is 0.213. The Bertz CT molecular complexity index is 1360. The van der Waals surface area contributed by atoms with Crippen molar-refractivity contribution >= 4 is 0 Å². The van der Waals surface area contributed by atoms with Crippen LogP contribution < -0.4 is 5.32 Å². The molecule has 3 saturated carbocycles. The molecule has 0 spiro atoms. The van der Waals surface area contributed by atoms with Crippen molar-refractivity contribution in [2.24, 2.45) is 23.2 Å². The molecule has 0 amide bonds. The fourth-order valence-electron chi connectivity index (χ4n) is 11.2. The van der Waals surface area contributed by atoms with Gasteiger partial charge < -0.3 is 25.0 Å². The summed E-state index contributed by atoms with van der Waals surface area (Å²) in [5.74, 6) is 2.96. The average Bonchev–Trinajstić information content (AvgIpc) is 3.15. The number of hydrogen-bond donors (Lipinski definition) is 3. The predicted molar refractivity (Wildman–Crippen MR) is 180 cm³/mol. The monoisotopic (exact) mass is 793 g/mol. The zero-order chi connectivity index (χ0) is 31.1. The minimum Gasteiger partial charge on any atom is -0.508 e. The molecule has 2 aromatic rings. The predicted octanol–water partition coefficient (Wildman–Crippen LogP) is 7.97. The van der Waals surface area contributed by atoms with E-state index in [0.29, 0.717) is 48.7 Å². The summed E-state index contributed by atoms with van der Waals surface area (Å²) in [5, 5.41) is 24.5. The first kappa shape index (κ1) is 38.4. The number of hydrogen-bond acceptors (Lipinski definition) is 5. The first-order valence-corrected chi connectivity index (χ1v) is 18.3. The number of rotatable bonds is 10. The molecule has 0 saturated heterocycles. The summed E-state index contributed by atoms with van der Waals surface area (Å²) in [5.41, 5.74) is 6.36. The fraction of sp³-hybridized carbons (Fsp3) is 0.700. The molecular formula is C40H57NO4Y2. The second kappa shape index (κ2) is 16.2. The molecule has 2 radical (unpaired) electrons. The molecule has 3 N–H and O–H groups in total. The summed E-state index contributed by atoms with van der Waals surface area (Å²) >= 11 is 0. The third kappa shape index (κ3) is 7.83. The van der Waals surface area contributed by atoms with Crippen molar-refractivity contribution in [2.75, 3.05) is 33.0 Å². The molecule has 3 fully saturated rings. The molecule has 5 nitrogen and oxygen atoms in total. The SMILES string of the molecule is C[C@@]12CCCC3(CCOCCOCCN[C@H]4[C@H]5CCCCC[C@]4(C)c4cc(O)ccc4C5)CC[C@@H](Cc4ccc(O)cc41)[C@@H]2C3.[Y].[Y]. The van der Waals surface area contributed by atoms with Gasteiger partial charge in [0.2, 0.25) is 0 Å². The van der Waals surface area contributed by atoms with Crippen molar-refractivity contribution in [3.63, 3.8) is 0 Å². The third-order valence-corrected chi connectivity index (χ3v) is 13.6. The van der Waals surface area contributed by atoms with Gasteiger partial charge in [-0.1, -0.05) is 51.7 Å². The van der Waals surface area contributed by atoms with Gasteiger partial charge in [0.1, 0.15) is 11.5 Å². The number of nitrogens with one attached hydrogen (secondary N) is 1. The summed E-state index contributed by atoms with van der Waals surface area (Å²) < 4.78 is 12.3. The molecule has 252 valence electrons. The van der Waals surface area contributed by atoms with E-state index in [1.165, 1.54) is 106 Å². The van der Waals surface area contributed by atoms with Crippen molar-refractivity contribution in [3.8, 4) is 11.5 Å². The largest absolute Gasteiger partial charge is 0.508 e. The van der Waals surface area contributed by atoms with Crippen molar-refractivity contribution in [1.82, 2.24) is 5.32 Å². The zero-order valence-electron chi connectivity index (χ0n) is 29.1. The molecule has 0 aromatic heterocycles. The molecule has 5 aliphatic carbocycles. The van der Waals surface area contributed by atoms with Gasteiger partial charge in [0, 0.05) is 90.0 Å². The number of ether oxygens (including phenoxy) is 2. The van der Waals surface area contributed by atoms with Crippen molar-refractivity contribution in [1.29, 1.82) is 0 Å². The standard InChI is InChI=1S/C40H57NO4.2Y/c1-38-14-6-15-40(16-12-30(36(38)27-40)23-28-8-10-32(42)25-34(28)38)17-19-44-21-22-45-20-18-41-37-31-7-4-3-5-13-39(37,2)35-26-33(43)11-9-29(35)24-31;;/h8-11,25-26,30-31,36-37,41-43H,3-7,12-24,27H2,1-2H3;;/t30-,31-,36-,37-,38+,39+,40?;;/m0../s1. The first-order valence-electron chi connectivity index (χ1n) is 18.3. The minimum atomic E-state index is 0. The van der Waals surface area contributed by atoms with E-state index in [9.17, 15) is 10.2 Å². The maximum absolute atomic E-state index is 10.3. The van der Waals surface area contributed by atoms with E-state index in [0.717, 1.165) is 31.4 Å². The van der Waals surface area contributed by atoms with Crippen LogP contribution in [-0.4, -0.2) is 49.2 Å². The Hall–Kier alpha value is 0.128. The molecule has 2 aromatic carbocycles. The molecule has 7 rings (SSSR count). The summed E-state index contributed by atoms with van der Waals surface area (Å²) in [6.45, 7) is 8.65. The van der Waals surface area contributed by atoms with Gasteiger partial charge in [0.15, 0.2) is 0 Å². The maximum Gasteiger partial charge on any atom is 0.115 e. The van der Waals surface area contributed by atoms with E-state index in [1.54, 1.807) is 0 Å². The molecule has 7 heteroatoms. The van der Waals surface area contributed by atoms with Crippen LogP contribution in [0, 0.1) is 23.2 Å². The van der Waals surface area contributed by atoms with Crippen molar-refractivity contribution < 1.29 is 85.1 Å². The molecule has 0 heterocycles. The Kier molecular flexibility index (Phi) is 13.2. The molecule has 1 unspecified atom stereocenters. The minimum absolute atomic E-state index is 0. The van der Waals surface area contributed by atoms with E-state index in [1.807, 2.05) is 18.2 Å². The second-order valence-corrected chi connectivity index (χ2v) is 16.2. The summed E-state index contributed by atoms with van der Waals surface area (Å²) in [6.07, 6.45) is 17.6. The Morgan fingerprint density at radius 1 is 0.702 bits per heavy atom. The number of aromatic hydroxyl groups is 2. The van der Waals surface area contributed by atoms with Crippen LogP contribution in [0.4, 0.5) is 0 Å². The van der Waals surface area contributed by atoms with Crippen LogP contribution in [0.2, 0.25) is 0 Å². The van der Waals surface area contributed by atoms with Crippen LogP contribution in [-0.2, 0) is 98.6 Å². The molecular weight excluding hydrogens is 736 g/mol. The molecule has 7 atom stereocenters. The van der Waals surface area contributed by atoms with Gasteiger partial charge in [-0.25, -0.2) is 0 Å². The van der Waals surface area contributed by atoms with Crippen LogP contribution in [0.15, 0.2) is 36.4 Å². The Morgan fingerprint density at radius 2 is 1.36 bits per heavy atom. The normalized spacial score (nSPS) is 33.9. The summed E-state index contributed by atoms with van der Waals surface area (Å²) in [7, 11) is 0. The van der Waals surface area contributed by atoms with E-state index in [4.69, 9.17) is 9.47 Å². The van der Waals surface area contributed by atoms with Crippen LogP contribution in [0.1, 0.15) is 113 Å². The third-order valence-electron chi connectivity index (χ3n) is 13.6. The first-order chi connectivity index (χ1) is 21.8. The van der Waals surface area contributed by atoms with E-state index in [2.05, 4.69) is 37.4 Å². The van der Waals surface area contributed by atoms with Crippen LogP contribution in [0.25, 0.3) is 0 Å². The van der Waals surface area contributed by atoms with Gasteiger partial charge in [-0.3, -0.25) is 0 Å². The zero-order valence-corrected chi connectivity index (χ0v) is 34.8. The second-order valence-electron chi connectivity index (χ2n) is 16.2. The van der Waals surface area contributed by atoms with Crippen LogP contribution in [0.3, 0.4) is 0 Å². The smallest absolute Gasteiger partial charge is 0.115 e.